The van der Waals surface area contributed by atoms with Crippen LogP contribution in [-0.2, 0) is 11.2 Å². The molecule has 2 heterocycles. The lowest BCUT2D eigenvalue weighted by molar-refractivity contribution is -0.124. The number of para-hydroxylation sites is 2. The van der Waals surface area contributed by atoms with Gasteiger partial charge in [0.05, 0.1) is 11.0 Å². The van der Waals surface area contributed by atoms with Gasteiger partial charge in [0, 0.05) is 24.5 Å². The van der Waals surface area contributed by atoms with E-state index in [1.54, 1.807) is 0 Å². The van der Waals surface area contributed by atoms with E-state index in [-0.39, 0.29) is 11.9 Å². The third kappa shape index (κ3) is 5.10. The lowest BCUT2D eigenvalue weighted by Gasteiger charge is -2.22. The van der Waals surface area contributed by atoms with Gasteiger partial charge in [0.1, 0.15) is 11.9 Å². The van der Waals surface area contributed by atoms with Gasteiger partial charge >= 0.3 is 0 Å². The highest BCUT2D eigenvalue weighted by Gasteiger charge is 2.25. The van der Waals surface area contributed by atoms with E-state index in [1.807, 2.05) is 42.5 Å². The summed E-state index contributed by atoms with van der Waals surface area (Å²) in [7, 11) is 0. The third-order valence-corrected chi connectivity index (χ3v) is 6.45. The van der Waals surface area contributed by atoms with Crippen LogP contribution in [0.15, 0.2) is 48.5 Å². The normalized spacial score (nSPS) is 15.4. The number of likely N-dealkylation sites (tertiary alicyclic amines) is 1. The Labute approximate surface area is 189 Å². The van der Waals surface area contributed by atoms with E-state index in [2.05, 4.69) is 27.8 Å². The summed E-state index contributed by atoms with van der Waals surface area (Å²) in [5.41, 5.74) is 2.93. The van der Waals surface area contributed by atoms with Crippen LogP contribution in [0.5, 0.6) is 0 Å². The number of rotatable bonds is 9. The van der Waals surface area contributed by atoms with Crippen molar-refractivity contribution in [3.8, 4) is 0 Å². The van der Waals surface area contributed by atoms with Crippen molar-refractivity contribution in [3.63, 3.8) is 0 Å². The van der Waals surface area contributed by atoms with Crippen LogP contribution < -0.4 is 5.32 Å². The molecule has 2 aromatic carbocycles. The fourth-order valence-electron chi connectivity index (χ4n) is 4.49. The molecule has 0 radical (unpaired) electrons. The van der Waals surface area contributed by atoms with E-state index in [1.165, 1.54) is 12.8 Å². The summed E-state index contributed by atoms with van der Waals surface area (Å²) in [5, 5.41) is 3.92. The number of hydrogen-bond donors (Lipinski definition) is 1. The average Bonchev–Trinajstić information content (AvgIpc) is 3.41. The van der Waals surface area contributed by atoms with Gasteiger partial charge in [-0.05, 0) is 56.1 Å². The molecule has 0 unspecified atom stereocenters. The van der Waals surface area contributed by atoms with Crippen LogP contribution in [0.2, 0.25) is 5.02 Å². The van der Waals surface area contributed by atoms with E-state index in [9.17, 15) is 4.79 Å². The summed E-state index contributed by atoms with van der Waals surface area (Å²) in [4.78, 5) is 20.6. The van der Waals surface area contributed by atoms with Crippen LogP contribution in [0.25, 0.3) is 11.0 Å². The first kappa shape index (κ1) is 21.8. The van der Waals surface area contributed by atoms with Gasteiger partial charge in [-0.1, -0.05) is 55.3 Å². The Balaban J connectivity index is 1.62. The number of nitrogens with one attached hydrogen (secondary N) is 1. The zero-order valence-corrected chi connectivity index (χ0v) is 18.9. The van der Waals surface area contributed by atoms with Gasteiger partial charge in [-0.15, -0.1) is 0 Å². The summed E-state index contributed by atoms with van der Waals surface area (Å²) in [5.74, 6) is 0.951. The molecule has 0 spiro atoms. The Kier molecular flexibility index (Phi) is 7.25. The van der Waals surface area contributed by atoms with Crippen molar-refractivity contribution in [1.29, 1.82) is 0 Å². The highest BCUT2D eigenvalue weighted by Crippen LogP contribution is 2.28. The van der Waals surface area contributed by atoms with Crippen molar-refractivity contribution in [2.45, 2.75) is 45.1 Å². The maximum Gasteiger partial charge on any atom is 0.243 e. The summed E-state index contributed by atoms with van der Waals surface area (Å²) in [6.45, 7) is 6.01. The number of nitrogens with zero attached hydrogens (tertiary/aromatic N) is 3. The van der Waals surface area contributed by atoms with Crippen LogP contribution in [0.3, 0.4) is 0 Å². The molecule has 3 aromatic rings. The predicted octanol–water partition coefficient (Wildman–Crippen LogP) is 4.83. The second-order valence-electron chi connectivity index (χ2n) is 8.30. The van der Waals surface area contributed by atoms with Gasteiger partial charge in [-0.2, -0.15) is 0 Å². The smallest absolute Gasteiger partial charge is 0.243 e. The lowest BCUT2D eigenvalue weighted by Crippen LogP contribution is -2.38. The Bertz CT molecular complexity index is 1030. The number of imidazole rings is 1. The molecule has 5 nitrogen and oxygen atoms in total. The summed E-state index contributed by atoms with van der Waals surface area (Å²) >= 11 is 6.44. The van der Waals surface area contributed by atoms with E-state index in [4.69, 9.17) is 16.6 Å². The van der Waals surface area contributed by atoms with Crippen LogP contribution >= 0.6 is 11.6 Å². The van der Waals surface area contributed by atoms with Crippen molar-refractivity contribution < 1.29 is 4.79 Å². The molecule has 1 aliphatic heterocycles. The van der Waals surface area contributed by atoms with Gasteiger partial charge in [-0.3, -0.25) is 4.79 Å². The molecule has 0 saturated carbocycles. The van der Waals surface area contributed by atoms with Crippen LogP contribution in [-0.4, -0.2) is 46.5 Å². The van der Waals surface area contributed by atoms with Gasteiger partial charge in [0.25, 0.3) is 0 Å². The minimum atomic E-state index is -0.284. The molecule has 31 heavy (non-hydrogen) atoms. The van der Waals surface area contributed by atoms with Gasteiger partial charge in [0.15, 0.2) is 0 Å². The number of hydrogen-bond acceptors (Lipinski definition) is 3. The number of carbonyl (C=O) groups is 1. The van der Waals surface area contributed by atoms with Crippen LogP contribution in [0.4, 0.5) is 0 Å². The molecule has 1 saturated heterocycles. The maximum absolute atomic E-state index is 13.3. The number of carbonyl (C=O) groups excluding carboxylic acids is 1. The molecule has 1 amide bonds. The fourth-order valence-corrected chi connectivity index (χ4v) is 4.69. The molecule has 1 atom stereocenters. The lowest BCUT2D eigenvalue weighted by atomic mass is 10.1. The van der Waals surface area contributed by atoms with E-state index < -0.39 is 0 Å². The van der Waals surface area contributed by atoms with Gasteiger partial charge in [0.2, 0.25) is 5.91 Å². The third-order valence-electron chi connectivity index (χ3n) is 6.08. The molecule has 0 aliphatic carbocycles. The van der Waals surface area contributed by atoms with E-state index in [0.29, 0.717) is 13.0 Å². The van der Waals surface area contributed by atoms with Crippen molar-refractivity contribution in [2.24, 2.45) is 0 Å². The Morgan fingerprint density at radius 3 is 2.65 bits per heavy atom. The molecular weight excluding hydrogens is 408 g/mol. The van der Waals surface area contributed by atoms with E-state index >= 15 is 0 Å². The van der Waals surface area contributed by atoms with Crippen molar-refractivity contribution >= 4 is 28.5 Å². The molecular formula is C25H31ClN4O. The molecule has 1 aliphatic rings. The molecule has 164 valence electrons. The summed E-state index contributed by atoms with van der Waals surface area (Å²) in [6.07, 6.45) is 4.81. The zero-order valence-electron chi connectivity index (χ0n) is 18.2. The molecule has 6 heteroatoms. The fraction of sp³-hybridized carbons (Fsp3) is 0.440. The van der Waals surface area contributed by atoms with Crippen LogP contribution in [0.1, 0.15) is 50.0 Å². The Hall–Kier alpha value is -2.37. The minimum Gasteiger partial charge on any atom is -0.353 e. The minimum absolute atomic E-state index is 0.0737. The second kappa shape index (κ2) is 10.3. The first-order valence-electron chi connectivity index (χ1n) is 11.4. The monoisotopic (exact) mass is 438 g/mol. The molecule has 1 aromatic heterocycles. The summed E-state index contributed by atoms with van der Waals surface area (Å²) in [6, 6.07) is 15.6. The van der Waals surface area contributed by atoms with Crippen LogP contribution in [0, 0.1) is 0 Å². The number of amides is 1. The maximum atomic E-state index is 13.3. The van der Waals surface area contributed by atoms with Crippen molar-refractivity contribution in [2.75, 3.05) is 26.2 Å². The molecule has 4 rings (SSSR count). The highest BCUT2D eigenvalue weighted by molar-refractivity contribution is 6.31. The van der Waals surface area contributed by atoms with E-state index in [0.717, 1.165) is 59.9 Å². The predicted molar refractivity (Wildman–Crippen MR) is 127 cm³/mol. The Morgan fingerprint density at radius 2 is 1.87 bits per heavy atom. The number of aromatic nitrogens is 2. The van der Waals surface area contributed by atoms with Crippen molar-refractivity contribution in [1.82, 2.24) is 19.8 Å². The number of benzene rings is 2. The zero-order chi connectivity index (χ0) is 21.6. The average molecular weight is 439 g/mol. The first-order chi connectivity index (χ1) is 15.2. The SMILES string of the molecule is CCC[C@@H](C(=O)NCCN1CCCC1)n1c(Cc2ccccc2Cl)nc2ccccc21. The molecule has 1 fully saturated rings. The number of fused-ring (bicyclic) bond motifs is 1. The van der Waals surface area contributed by atoms with Crippen molar-refractivity contribution in [3.05, 3.63) is 64.9 Å². The standard InChI is InChI=1S/C25H31ClN4O/c1-2-9-23(25(31)27-14-17-29-15-7-8-16-29)30-22-13-6-5-12-21(22)28-24(30)18-19-10-3-4-11-20(19)26/h3-6,10-13,23H,2,7-9,14-18H2,1H3,(H,27,31)/t23-/m0/s1. The molecule has 1 N–H and O–H groups in total. The Morgan fingerprint density at radius 1 is 1.13 bits per heavy atom. The second-order valence-corrected chi connectivity index (χ2v) is 8.71. The highest BCUT2D eigenvalue weighted by atomic mass is 35.5. The number of halogens is 1. The molecule has 0 bridgehead atoms. The summed E-state index contributed by atoms with van der Waals surface area (Å²) < 4.78 is 2.13. The topological polar surface area (TPSA) is 50.2 Å². The first-order valence-corrected chi connectivity index (χ1v) is 11.7. The van der Waals surface area contributed by atoms with Gasteiger partial charge in [-0.25, -0.2) is 4.98 Å². The quantitative estimate of drug-likeness (QED) is 0.520. The van der Waals surface area contributed by atoms with Gasteiger partial charge < -0.3 is 14.8 Å². The largest absolute Gasteiger partial charge is 0.353 e.